The summed E-state index contributed by atoms with van der Waals surface area (Å²) in [6.45, 7) is 1.77. The first kappa shape index (κ1) is 17.4. The van der Waals surface area contributed by atoms with Crippen LogP contribution >= 0.6 is 11.6 Å². The summed E-state index contributed by atoms with van der Waals surface area (Å²) in [6, 6.07) is 10.5. The van der Waals surface area contributed by atoms with E-state index in [1.54, 1.807) is 7.11 Å². The number of aromatic nitrogens is 1. The maximum atomic E-state index is 5.88. The molecule has 0 amide bonds. The molecule has 0 bridgehead atoms. The summed E-state index contributed by atoms with van der Waals surface area (Å²) in [7, 11) is 1.68. The molecule has 2 aliphatic heterocycles. The zero-order valence-electron chi connectivity index (χ0n) is 15.7. The number of methoxy groups -OCH3 is 1. The van der Waals surface area contributed by atoms with Crippen LogP contribution in [0.25, 0.3) is 22.0 Å². The number of fused-ring (bicyclic) bond motifs is 5. The van der Waals surface area contributed by atoms with Crippen molar-refractivity contribution < 1.29 is 23.5 Å². The molecule has 0 saturated heterocycles. The maximum absolute atomic E-state index is 5.88. The van der Waals surface area contributed by atoms with Crippen molar-refractivity contribution in [2.24, 2.45) is 0 Å². The molecule has 0 unspecified atom stereocenters. The molecule has 144 valence electrons. The fourth-order valence-electron chi connectivity index (χ4n) is 3.96. The van der Waals surface area contributed by atoms with Crippen molar-refractivity contribution in [3.05, 3.63) is 42.1 Å². The van der Waals surface area contributed by atoms with E-state index in [9.17, 15) is 0 Å². The minimum absolute atomic E-state index is 0.291. The first-order chi connectivity index (χ1) is 13.8. The van der Waals surface area contributed by atoms with Gasteiger partial charge in [0.1, 0.15) is 0 Å². The lowest BCUT2D eigenvalue weighted by atomic mass is 9.95. The second-order valence-electron chi connectivity index (χ2n) is 6.96. The fourth-order valence-corrected chi connectivity index (χ4v) is 4.07. The SMILES string of the molecule is COc1c(OCCCCl)ccc2cc3[n+](cc12)CCc1cc2c(cc1-3)OCO2. The Morgan fingerprint density at radius 2 is 2.00 bits per heavy atom. The summed E-state index contributed by atoms with van der Waals surface area (Å²) in [6.07, 6.45) is 3.91. The van der Waals surface area contributed by atoms with Crippen molar-refractivity contribution in [3.63, 3.8) is 0 Å². The van der Waals surface area contributed by atoms with Crippen LogP contribution in [-0.4, -0.2) is 26.4 Å². The van der Waals surface area contributed by atoms with Gasteiger partial charge in [-0.05, 0) is 41.6 Å². The zero-order valence-corrected chi connectivity index (χ0v) is 16.4. The predicted molar refractivity (Wildman–Crippen MR) is 107 cm³/mol. The third-order valence-electron chi connectivity index (χ3n) is 5.32. The summed E-state index contributed by atoms with van der Waals surface area (Å²) in [5, 5.41) is 2.15. The average Bonchev–Trinajstić information content (AvgIpc) is 3.18. The van der Waals surface area contributed by atoms with Gasteiger partial charge in [-0.25, -0.2) is 0 Å². The number of hydrogen-bond acceptors (Lipinski definition) is 4. The Morgan fingerprint density at radius 3 is 2.82 bits per heavy atom. The number of nitrogens with zero attached hydrogens (tertiary/aromatic N) is 1. The molecule has 0 saturated carbocycles. The topological polar surface area (TPSA) is 40.8 Å². The number of benzene rings is 2. The number of alkyl halides is 1. The molecule has 1 aromatic heterocycles. The molecule has 5 nitrogen and oxygen atoms in total. The van der Waals surface area contributed by atoms with E-state index in [-0.39, 0.29) is 0 Å². The van der Waals surface area contributed by atoms with Gasteiger partial charge in [0, 0.05) is 18.4 Å². The molecule has 2 aliphatic rings. The van der Waals surface area contributed by atoms with E-state index in [0.717, 1.165) is 53.2 Å². The van der Waals surface area contributed by atoms with E-state index in [1.165, 1.54) is 16.8 Å². The number of ether oxygens (including phenoxy) is 4. The van der Waals surface area contributed by atoms with Crippen LogP contribution in [0.2, 0.25) is 0 Å². The molecular formula is C22H21ClNO4+. The van der Waals surface area contributed by atoms with Crippen LogP contribution in [0.5, 0.6) is 23.0 Å². The van der Waals surface area contributed by atoms with Gasteiger partial charge in [-0.2, -0.15) is 4.57 Å². The van der Waals surface area contributed by atoms with E-state index in [4.69, 9.17) is 30.5 Å². The molecular weight excluding hydrogens is 378 g/mol. The van der Waals surface area contributed by atoms with Crippen LogP contribution < -0.4 is 23.5 Å². The van der Waals surface area contributed by atoms with Crippen LogP contribution in [0.3, 0.4) is 0 Å². The first-order valence-corrected chi connectivity index (χ1v) is 9.98. The first-order valence-electron chi connectivity index (χ1n) is 9.44. The van der Waals surface area contributed by atoms with Crippen molar-refractivity contribution in [1.29, 1.82) is 0 Å². The molecule has 5 rings (SSSR count). The number of pyridine rings is 1. The van der Waals surface area contributed by atoms with Crippen molar-refractivity contribution in [2.75, 3.05) is 26.4 Å². The van der Waals surface area contributed by atoms with Gasteiger partial charge < -0.3 is 18.9 Å². The molecule has 28 heavy (non-hydrogen) atoms. The van der Waals surface area contributed by atoms with Crippen molar-refractivity contribution in [2.45, 2.75) is 19.4 Å². The molecule has 3 heterocycles. The molecule has 3 aromatic rings. The third-order valence-corrected chi connectivity index (χ3v) is 5.58. The summed E-state index contributed by atoms with van der Waals surface area (Å²) in [5.41, 5.74) is 3.65. The summed E-state index contributed by atoms with van der Waals surface area (Å²) in [4.78, 5) is 0. The molecule has 0 radical (unpaired) electrons. The van der Waals surface area contributed by atoms with Gasteiger partial charge in [-0.3, -0.25) is 0 Å². The van der Waals surface area contributed by atoms with Crippen LogP contribution in [0.1, 0.15) is 12.0 Å². The summed E-state index contributed by atoms with van der Waals surface area (Å²) >= 11 is 5.76. The van der Waals surface area contributed by atoms with E-state index in [0.29, 0.717) is 19.3 Å². The van der Waals surface area contributed by atoms with Gasteiger partial charge in [0.25, 0.3) is 0 Å². The lowest BCUT2D eigenvalue weighted by Crippen LogP contribution is -2.40. The van der Waals surface area contributed by atoms with Crippen LogP contribution in [0, 0.1) is 0 Å². The number of rotatable bonds is 5. The lowest BCUT2D eigenvalue weighted by molar-refractivity contribution is -0.686. The van der Waals surface area contributed by atoms with Gasteiger partial charge in [0.2, 0.25) is 12.5 Å². The molecule has 0 spiro atoms. The Bertz CT molecular complexity index is 1070. The summed E-state index contributed by atoms with van der Waals surface area (Å²) < 4.78 is 25.0. The van der Waals surface area contributed by atoms with Crippen LogP contribution in [0.4, 0.5) is 0 Å². The van der Waals surface area contributed by atoms with Gasteiger partial charge in [-0.15, -0.1) is 11.6 Å². The highest BCUT2D eigenvalue weighted by molar-refractivity contribution is 6.17. The molecule has 0 N–H and O–H groups in total. The third kappa shape index (κ3) is 2.81. The maximum Gasteiger partial charge on any atom is 0.231 e. The standard InChI is InChI=1S/C22H21ClNO4/c1-25-22-17-12-24-7-5-15-10-20-21(28-13-27-20)11-16(15)18(24)9-14(17)3-4-19(22)26-8-2-6-23/h3-4,9-12H,2,5-8,13H2,1H3/q+1. The van der Waals surface area contributed by atoms with Crippen LogP contribution in [0.15, 0.2) is 36.5 Å². The quantitative estimate of drug-likeness (QED) is 0.368. The highest BCUT2D eigenvalue weighted by Crippen LogP contribution is 2.41. The minimum Gasteiger partial charge on any atom is -0.492 e. The Kier molecular flexibility index (Phi) is 4.40. The highest BCUT2D eigenvalue weighted by atomic mass is 35.5. The average molecular weight is 399 g/mol. The van der Waals surface area contributed by atoms with Crippen molar-refractivity contribution >= 4 is 22.4 Å². The Morgan fingerprint density at radius 1 is 1.14 bits per heavy atom. The number of aryl methyl sites for hydroxylation is 2. The molecule has 2 aromatic carbocycles. The molecule has 0 atom stereocenters. The molecule has 6 heteroatoms. The second kappa shape index (κ2) is 7.06. The highest BCUT2D eigenvalue weighted by Gasteiger charge is 2.28. The van der Waals surface area contributed by atoms with Crippen molar-refractivity contribution in [3.8, 4) is 34.3 Å². The minimum atomic E-state index is 0.291. The molecule has 0 fully saturated rings. The van der Waals surface area contributed by atoms with Gasteiger partial charge in [-0.1, -0.05) is 0 Å². The Balaban J connectivity index is 1.62. The largest absolute Gasteiger partial charge is 0.492 e. The second-order valence-corrected chi connectivity index (χ2v) is 7.33. The molecule has 0 aliphatic carbocycles. The Hall–Kier alpha value is -2.66. The normalized spacial score (nSPS) is 13.9. The number of hydrogen-bond donors (Lipinski definition) is 0. The van der Waals surface area contributed by atoms with Crippen LogP contribution in [-0.2, 0) is 13.0 Å². The zero-order chi connectivity index (χ0) is 19.1. The van der Waals surface area contributed by atoms with Crippen molar-refractivity contribution in [1.82, 2.24) is 0 Å². The van der Waals surface area contributed by atoms with Gasteiger partial charge >= 0.3 is 0 Å². The fraction of sp³-hybridized carbons (Fsp3) is 0.318. The lowest BCUT2D eigenvalue weighted by Gasteiger charge is -2.17. The number of halogens is 1. The van der Waals surface area contributed by atoms with E-state index in [2.05, 4.69) is 35.0 Å². The van der Waals surface area contributed by atoms with E-state index >= 15 is 0 Å². The smallest absolute Gasteiger partial charge is 0.231 e. The predicted octanol–water partition coefficient (Wildman–Crippen LogP) is 4.10. The summed E-state index contributed by atoms with van der Waals surface area (Å²) in [5.74, 6) is 3.75. The van der Waals surface area contributed by atoms with E-state index < -0.39 is 0 Å². The monoisotopic (exact) mass is 398 g/mol. The van der Waals surface area contributed by atoms with Gasteiger partial charge in [0.15, 0.2) is 35.7 Å². The Labute approximate surface area is 168 Å². The van der Waals surface area contributed by atoms with E-state index in [1.807, 2.05) is 6.07 Å². The van der Waals surface area contributed by atoms with Gasteiger partial charge in [0.05, 0.1) is 24.7 Å².